The van der Waals surface area contributed by atoms with Gasteiger partial charge in [0.1, 0.15) is 0 Å². The second-order valence-corrected chi connectivity index (χ2v) is 18.3. The van der Waals surface area contributed by atoms with Gasteiger partial charge >= 0.3 is 0 Å². The summed E-state index contributed by atoms with van der Waals surface area (Å²) < 4.78 is 0. The van der Waals surface area contributed by atoms with Crippen LogP contribution in [0.2, 0.25) is 0 Å². The van der Waals surface area contributed by atoms with Crippen molar-refractivity contribution >= 4 is 0 Å². The van der Waals surface area contributed by atoms with Crippen LogP contribution in [0.25, 0.3) is 89.4 Å². The number of pyridine rings is 3. The van der Waals surface area contributed by atoms with Crippen LogP contribution >= 0.6 is 0 Å². The van der Waals surface area contributed by atoms with E-state index in [1.54, 1.807) is 0 Å². The van der Waals surface area contributed by atoms with Crippen LogP contribution < -0.4 is 0 Å². The van der Waals surface area contributed by atoms with E-state index in [0.717, 1.165) is 50.6 Å². The third kappa shape index (κ3) is 18.3. The quantitative estimate of drug-likeness (QED) is 0.142. The summed E-state index contributed by atoms with van der Waals surface area (Å²) in [4.78, 5) is 13.4. The Bertz CT molecular complexity index is 3600. The molecule has 0 aliphatic heterocycles. The topological polar surface area (TPSA) is 38.7 Å². The van der Waals surface area contributed by atoms with E-state index in [0.29, 0.717) is 0 Å². The Hall–Kier alpha value is -6.97. The van der Waals surface area contributed by atoms with E-state index < -0.39 is 0 Å². The van der Waals surface area contributed by atoms with Crippen molar-refractivity contribution < 1.29 is 80.4 Å². The molecule has 3 heterocycles. The molecule has 0 amide bonds. The van der Waals surface area contributed by atoms with Crippen LogP contribution in [0.15, 0.2) is 267 Å². The standard InChI is InChI=1S/C19H14.3C18H14N.4Ir/c1-15-7-5-6-10-19(15)18-13-11-17(12-14-18)16-8-3-2-4-9-16;1-14-6-4-7-15(12-14)16-8-5-9-17(13-16)18-10-2-3-11-19-18;1-14-7-5-12-18(19-14)17-11-6-10-16(13-17)15-8-3-2-4-9-15;1-14-10-11-18(19-13-14)17-9-5-8-16(12-17)15-6-3-2-4-7-15;;;;/h2-9,11-13H,1H3;2-8,10-13H,1H3;2-10,12-13H,1H3;2-8,10-13H,1H3;;;;/q-2;3*-1;;;;. The fourth-order valence-electron chi connectivity index (χ4n) is 8.51. The molecule has 3 nitrogen and oxygen atoms in total. The van der Waals surface area contributed by atoms with E-state index in [4.69, 9.17) is 0 Å². The minimum absolute atomic E-state index is 0. The molecule has 0 bridgehead atoms. The van der Waals surface area contributed by atoms with E-state index in [-0.39, 0.29) is 80.4 Å². The predicted octanol–water partition coefficient (Wildman–Crippen LogP) is 18.5. The average Bonchev–Trinajstić information content (AvgIpc) is 3.49. The van der Waals surface area contributed by atoms with Crippen LogP contribution in [-0.4, -0.2) is 15.0 Å². The van der Waals surface area contributed by atoms with Crippen molar-refractivity contribution in [1.29, 1.82) is 0 Å². The van der Waals surface area contributed by atoms with Crippen LogP contribution in [0.3, 0.4) is 0 Å². The van der Waals surface area contributed by atoms with Gasteiger partial charge in [-0.15, -0.1) is 130 Å². The summed E-state index contributed by atoms with van der Waals surface area (Å²) in [7, 11) is 0. The van der Waals surface area contributed by atoms with Crippen molar-refractivity contribution in [2.75, 3.05) is 0 Å². The molecule has 0 aliphatic carbocycles. The molecule has 0 fully saturated rings. The molecule has 0 saturated heterocycles. The van der Waals surface area contributed by atoms with Gasteiger partial charge in [-0.05, 0) is 72.2 Å². The molecule has 7 heteroatoms. The van der Waals surface area contributed by atoms with Gasteiger partial charge in [-0.25, -0.2) is 11.1 Å². The third-order valence-corrected chi connectivity index (χ3v) is 12.5. The van der Waals surface area contributed by atoms with E-state index in [2.05, 4.69) is 217 Å². The average molecular weight is 1740 g/mol. The van der Waals surface area contributed by atoms with E-state index in [1.165, 1.54) is 61.2 Å². The number of nitrogens with zero attached hydrogens (tertiary/aromatic N) is 3. The first-order valence-corrected chi connectivity index (χ1v) is 25.4. The zero-order chi connectivity index (χ0) is 52.3. The monoisotopic (exact) mass is 1750 g/mol. The summed E-state index contributed by atoms with van der Waals surface area (Å²) in [6.45, 7) is 8.26. The molecule has 80 heavy (non-hydrogen) atoms. The molecule has 404 valence electrons. The zero-order valence-corrected chi connectivity index (χ0v) is 54.2. The van der Waals surface area contributed by atoms with Crippen LogP contribution in [0.1, 0.15) is 22.4 Å². The maximum atomic E-state index is 4.55. The van der Waals surface area contributed by atoms with Crippen LogP contribution in [-0.2, 0) is 80.4 Å². The fraction of sp³-hybridized carbons (Fsp3) is 0.0548. The number of benzene rings is 9. The minimum atomic E-state index is 0. The van der Waals surface area contributed by atoms with Crippen LogP contribution in [0.5, 0.6) is 0 Å². The first kappa shape index (κ1) is 63.9. The van der Waals surface area contributed by atoms with Crippen molar-refractivity contribution in [2.24, 2.45) is 0 Å². The molecule has 0 spiro atoms. The third-order valence-electron chi connectivity index (χ3n) is 12.5. The molecule has 4 radical (unpaired) electrons. The molecule has 12 aromatic rings. The van der Waals surface area contributed by atoms with Crippen LogP contribution in [0.4, 0.5) is 0 Å². The van der Waals surface area contributed by atoms with Gasteiger partial charge < -0.3 is 15.0 Å². The van der Waals surface area contributed by atoms with Crippen molar-refractivity contribution in [3.05, 3.63) is 320 Å². The molecule has 0 unspecified atom stereocenters. The SMILES string of the molecule is Cc1ccc(-c2[c-]ccc(-c3ccccc3)c2)nc1.Cc1ccc[c-]c1-c1[c-]cc(-c2ccccc2)cc1.Cc1cccc(-c2[c-]ccc(-c3ccccc3)c2)n1.Cc1cccc(-c2cc[c-]c(-c3ccccn3)c2)c1.[Ir].[Ir].[Ir].[Ir]. The maximum absolute atomic E-state index is 4.55. The van der Waals surface area contributed by atoms with Crippen LogP contribution in [0, 0.1) is 58.0 Å². The molecular weight excluding hydrogens is 1690 g/mol. The summed E-state index contributed by atoms with van der Waals surface area (Å²) in [6, 6.07) is 103. The number of aromatic nitrogens is 3. The molecule has 0 saturated carbocycles. The van der Waals surface area contributed by atoms with E-state index >= 15 is 0 Å². The van der Waals surface area contributed by atoms with Gasteiger partial charge in [0.05, 0.1) is 0 Å². The minimum Gasteiger partial charge on any atom is -0.305 e. The van der Waals surface area contributed by atoms with Gasteiger partial charge in [-0.2, -0.15) is 35.9 Å². The number of hydrogen-bond acceptors (Lipinski definition) is 3. The predicted molar refractivity (Wildman–Crippen MR) is 316 cm³/mol. The van der Waals surface area contributed by atoms with Gasteiger partial charge in [0.15, 0.2) is 0 Å². The normalized spacial score (nSPS) is 9.85. The second kappa shape index (κ2) is 32.9. The Morgan fingerprint density at radius 2 is 0.800 bits per heavy atom. The Labute approximate surface area is 527 Å². The molecular formula is C73H56Ir4N3-5. The fourth-order valence-corrected chi connectivity index (χ4v) is 8.51. The van der Waals surface area contributed by atoms with Gasteiger partial charge in [-0.3, -0.25) is 0 Å². The Morgan fingerprint density at radius 1 is 0.300 bits per heavy atom. The first-order chi connectivity index (χ1) is 37.3. The second-order valence-electron chi connectivity index (χ2n) is 18.3. The summed E-state index contributed by atoms with van der Waals surface area (Å²) in [5.74, 6) is 0. The Kier molecular flexibility index (Phi) is 26.3. The van der Waals surface area contributed by atoms with Gasteiger partial charge in [0.25, 0.3) is 0 Å². The van der Waals surface area contributed by atoms with Crippen molar-refractivity contribution in [3.63, 3.8) is 0 Å². The molecule has 0 atom stereocenters. The largest absolute Gasteiger partial charge is 0.305 e. The Morgan fingerprint density at radius 3 is 1.30 bits per heavy atom. The smallest absolute Gasteiger partial charge is 0.0266 e. The van der Waals surface area contributed by atoms with Gasteiger partial charge in [-0.1, -0.05) is 170 Å². The van der Waals surface area contributed by atoms with Gasteiger partial charge in [0.2, 0.25) is 0 Å². The first-order valence-electron chi connectivity index (χ1n) is 25.4. The summed E-state index contributed by atoms with van der Waals surface area (Å²) in [6.07, 6.45) is 3.70. The van der Waals surface area contributed by atoms with Crippen molar-refractivity contribution in [3.8, 4) is 89.4 Å². The molecule has 0 aliphatic rings. The zero-order valence-electron chi connectivity index (χ0n) is 44.6. The number of hydrogen-bond donors (Lipinski definition) is 0. The van der Waals surface area contributed by atoms with E-state index in [1.807, 2.05) is 123 Å². The van der Waals surface area contributed by atoms with Crippen molar-refractivity contribution in [1.82, 2.24) is 15.0 Å². The summed E-state index contributed by atoms with van der Waals surface area (Å²) in [5, 5.41) is 0. The van der Waals surface area contributed by atoms with E-state index in [9.17, 15) is 0 Å². The Balaban J connectivity index is 0.000000193. The van der Waals surface area contributed by atoms with Gasteiger partial charge in [0, 0.05) is 98.5 Å². The molecule has 3 aromatic heterocycles. The summed E-state index contributed by atoms with van der Waals surface area (Å²) in [5.41, 5.74) is 22.5. The molecule has 0 N–H and O–H groups in total. The molecule has 12 rings (SSSR count). The summed E-state index contributed by atoms with van der Waals surface area (Å²) >= 11 is 0. The van der Waals surface area contributed by atoms with Crippen molar-refractivity contribution in [2.45, 2.75) is 27.7 Å². The maximum Gasteiger partial charge on any atom is 0.0266 e. The molecule has 9 aromatic carbocycles. The number of aryl methyl sites for hydroxylation is 4. The number of rotatable bonds is 8.